The second-order valence-electron chi connectivity index (χ2n) is 7.06. The van der Waals surface area contributed by atoms with Crippen molar-refractivity contribution < 1.29 is 0 Å². The molecule has 0 heterocycles. The fourth-order valence-corrected chi connectivity index (χ4v) is 1.38. The lowest BCUT2D eigenvalue weighted by atomic mass is 10.5. The van der Waals surface area contributed by atoms with Crippen molar-refractivity contribution in [1.29, 1.82) is 0 Å². The summed E-state index contributed by atoms with van der Waals surface area (Å²) in [7, 11) is 6.04. The van der Waals surface area contributed by atoms with Gasteiger partial charge < -0.3 is 5.73 Å². The molecule has 0 saturated carbocycles. The Bertz CT molecular complexity index is 393. The van der Waals surface area contributed by atoms with E-state index in [4.69, 9.17) is 5.73 Å². The molecule has 0 atom stereocenters. The number of rotatable bonds is 11. The lowest BCUT2D eigenvalue weighted by Gasteiger charge is -2.19. The van der Waals surface area contributed by atoms with Crippen LogP contribution in [0.4, 0.5) is 0 Å². The quantitative estimate of drug-likeness (QED) is 0.425. The number of nitrogens with zero attached hydrogens (tertiary/aromatic N) is 6. The van der Waals surface area contributed by atoms with Gasteiger partial charge in [-0.05, 0) is 62.7 Å². The Kier molecular flexibility index (Phi) is 17.9. The molecule has 154 valence electrons. The van der Waals surface area contributed by atoms with E-state index in [9.17, 15) is 0 Å². The van der Waals surface area contributed by atoms with E-state index >= 15 is 0 Å². The Hall–Kier alpha value is -1.19. The van der Waals surface area contributed by atoms with Gasteiger partial charge in [-0.25, -0.2) is 0 Å². The molecular formula is C18H42N8. The summed E-state index contributed by atoms with van der Waals surface area (Å²) in [6.07, 6.45) is 0. The lowest BCUT2D eigenvalue weighted by Crippen LogP contribution is -2.38. The van der Waals surface area contributed by atoms with Crippen LogP contribution in [0.3, 0.4) is 0 Å². The van der Waals surface area contributed by atoms with Crippen LogP contribution in [0, 0.1) is 0 Å². The lowest BCUT2D eigenvalue weighted by molar-refractivity contribution is 0.255. The van der Waals surface area contributed by atoms with Crippen LogP contribution in [0.25, 0.3) is 0 Å². The highest BCUT2D eigenvalue weighted by molar-refractivity contribution is 5.79. The van der Waals surface area contributed by atoms with Gasteiger partial charge in [0.1, 0.15) is 0 Å². The summed E-state index contributed by atoms with van der Waals surface area (Å²) in [5.41, 5.74) is 8.63. The molecule has 0 aliphatic carbocycles. The monoisotopic (exact) mass is 370 g/mol. The predicted octanol–water partition coefficient (Wildman–Crippen LogP) is 1.50. The number of hydrogen-bond acceptors (Lipinski definition) is 8. The number of aliphatic imine (C=N–C) groups is 3. The smallest absolute Gasteiger partial charge is 0.0916 e. The molecule has 26 heavy (non-hydrogen) atoms. The first-order valence-electron chi connectivity index (χ1n) is 8.97. The van der Waals surface area contributed by atoms with Gasteiger partial charge in [-0.1, -0.05) is 0 Å². The van der Waals surface area contributed by atoms with Gasteiger partial charge in [0.15, 0.2) is 0 Å². The maximum Gasteiger partial charge on any atom is 0.0916 e. The Morgan fingerprint density at radius 2 is 0.962 bits per heavy atom. The van der Waals surface area contributed by atoms with Crippen molar-refractivity contribution in [2.24, 2.45) is 20.7 Å². The minimum atomic E-state index is 0.566. The average Bonchev–Trinajstić information content (AvgIpc) is 2.56. The second-order valence-corrected chi connectivity index (χ2v) is 7.06. The van der Waals surface area contributed by atoms with Crippen LogP contribution in [0.2, 0.25) is 0 Å². The minimum absolute atomic E-state index is 0.566. The normalized spacial score (nSPS) is 10.5. The van der Waals surface area contributed by atoms with Gasteiger partial charge in [0.05, 0.1) is 33.3 Å². The molecule has 0 aliphatic rings. The molecule has 0 spiro atoms. The summed E-state index contributed by atoms with van der Waals surface area (Å²) in [5.74, 6) is 0. The third-order valence-corrected chi connectivity index (χ3v) is 2.96. The Labute approximate surface area is 161 Å². The molecule has 0 aromatic heterocycles. The van der Waals surface area contributed by atoms with Crippen molar-refractivity contribution in [3.05, 3.63) is 0 Å². The van der Waals surface area contributed by atoms with Crippen molar-refractivity contribution in [1.82, 2.24) is 20.0 Å². The van der Waals surface area contributed by atoms with E-state index in [2.05, 4.69) is 30.1 Å². The van der Waals surface area contributed by atoms with Gasteiger partial charge in [0, 0.05) is 23.8 Å². The van der Waals surface area contributed by atoms with Crippen LogP contribution in [0.15, 0.2) is 15.0 Å². The van der Waals surface area contributed by atoms with Gasteiger partial charge in [-0.2, -0.15) is 0 Å². The number of nitrogens with two attached hydrogens (primary N) is 1. The van der Waals surface area contributed by atoms with Crippen LogP contribution >= 0.6 is 0 Å². The summed E-state index contributed by atoms with van der Waals surface area (Å²) < 4.78 is 0. The van der Waals surface area contributed by atoms with Crippen LogP contribution in [-0.4, -0.2) is 93.0 Å². The molecule has 0 aromatic carbocycles. The Morgan fingerprint density at radius 1 is 0.654 bits per heavy atom. The van der Waals surface area contributed by atoms with Crippen molar-refractivity contribution in [3.8, 4) is 0 Å². The van der Waals surface area contributed by atoms with Crippen molar-refractivity contribution in [2.75, 3.05) is 61.2 Å². The molecule has 0 radical (unpaired) electrons. The SMILES string of the molecule is CC(C)=NCN(C)CN.CC(C)=NCN(C)CNCN(C)CN=C(C)C. The first-order valence-corrected chi connectivity index (χ1v) is 8.97. The van der Waals surface area contributed by atoms with Crippen molar-refractivity contribution in [2.45, 2.75) is 41.5 Å². The molecule has 0 amide bonds. The van der Waals surface area contributed by atoms with Crippen LogP contribution in [0.5, 0.6) is 0 Å². The van der Waals surface area contributed by atoms with E-state index in [-0.39, 0.29) is 0 Å². The molecule has 0 saturated heterocycles. The van der Waals surface area contributed by atoms with E-state index in [0.717, 1.165) is 43.8 Å². The van der Waals surface area contributed by atoms with Gasteiger partial charge >= 0.3 is 0 Å². The first-order chi connectivity index (χ1) is 12.1. The zero-order valence-electron chi connectivity index (χ0n) is 18.5. The molecule has 0 fully saturated rings. The maximum absolute atomic E-state index is 5.31. The van der Waals surface area contributed by atoms with Crippen LogP contribution < -0.4 is 11.1 Å². The summed E-state index contributed by atoms with van der Waals surface area (Å²) >= 11 is 0. The van der Waals surface area contributed by atoms with Crippen molar-refractivity contribution in [3.63, 3.8) is 0 Å². The summed E-state index contributed by atoms with van der Waals surface area (Å²) in [5, 5.41) is 3.35. The highest BCUT2D eigenvalue weighted by atomic mass is 15.3. The highest BCUT2D eigenvalue weighted by Crippen LogP contribution is 1.85. The van der Waals surface area contributed by atoms with Gasteiger partial charge in [0.2, 0.25) is 0 Å². The van der Waals surface area contributed by atoms with Gasteiger partial charge in [-0.3, -0.25) is 35.0 Å². The van der Waals surface area contributed by atoms with E-state index in [1.165, 1.54) is 0 Å². The van der Waals surface area contributed by atoms with Gasteiger partial charge in [-0.15, -0.1) is 0 Å². The largest absolute Gasteiger partial charge is 0.318 e. The van der Waals surface area contributed by atoms with E-state index in [1.54, 1.807) is 0 Å². The standard InChI is InChI=1S/C12H27N5.C6H15N3/c1-11(2)14-9-16(5)7-13-8-17(6)10-15-12(3)4;1-6(2)8-5-9(3)4-7/h13H,7-10H2,1-6H3;4-5,7H2,1-3H3. The fraction of sp³-hybridized carbons (Fsp3) is 0.833. The molecule has 0 aliphatic heterocycles. The third-order valence-electron chi connectivity index (χ3n) is 2.96. The molecule has 8 heteroatoms. The van der Waals surface area contributed by atoms with E-state index in [1.807, 2.05) is 67.6 Å². The van der Waals surface area contributed by atoms with E-state index < -0.39 is 0 Å². The molecular weight excluding hydrogens is 328 g/mol. The topological polar surface area (TPSA) is 84.8 Å². The van der Waals surface area contributed by atoms with Crippen LogP contribution in [-0.2, 0) is 0 Å². The maximum atomic E-state index is 5.31. The molecule has 3 N–H and O–H groups in total. The zero-order chi connectivity index (χ0) is 20.5. The first kappa shape index (κ1) is 27.0. The van der Waals surface area contributed by atoms with Gasteiger partial charge in [0.25, 0.3) is 0 Å². The van der Waals surface area contributed by atoms with Crippen molar-refractivity contribution >= 4 is 17.1 Å². The zero-order valence-corrected chi connectivity index (χ0v) is 18.5. The minimum Gasteiger partial charge on any atom is -0.318 e. The molecule has 8 nitrogen and oxygen atoms in total. The summed E-state index contributed by atoms with van der Waals surface area (Å²) in [4.78, 5) is 19.1. The third kappa shape index (κ3) is 22.8. The van der Waals surface area contributed by atoms with Crippen LogP contribution in [0.1, 0.15) is 41.5 Å². The molecule has 0 aromatic rings. The van der Waals surface area contributed by atoms with E-state index in [0.29, 0.717) is 13.3 Å². The summed E-state index contributed by atoms with van der Waals surface area (Å²) in [6, 6.07) is 0. The highest BCUT2D eigenvalue weighted by Gasteiger charge is 1.98. The molecule has 0 bridgehead atoms. The predicted molar refractivity (Wildman–Crippen MR) is 116 cm³/mol. The Balaban J connectivity index is 0. The Morgan fingerprint density at radius 3 is 1.23 bits per heavy atom. The number of hydrogen-bond donors (Lipinski definition) is 2. The number of nitrogens with one attached hydrogen (secondary N) is 1. The average molecular weight is 371 g/mol. The summed E-state index contributed by atoms with van der Waals surface area (Å²) in [6.45, 7) is 16.4. The second kappa shape index (κ2) is 17.2. The molecule has 0 rings (SSSR count). The fourth-order valence-electron chi connectivity index (χ4n) is 1.38. The molecule has 0 unspecified atom stereocenters.